The maximum Gasteiger partial charge on any atom is 0.348 e. The van der Waals surface area contributed by atoms with Gasteiger partial charge in [0.05, 0.1) is 14.2 Å². The van der Waals surface area contributed by atoms with Gasteiger partial charge in [0.2, 0.25) is 10.0 Å². The summed E-state index contributed by atoms with van der Waals surface area (Å²) in [4.78, 5) is 23.4. The highest BCUT2D eigenvalue weighted by Gasteiger charge is 2.32. The van der Waals surface area contributed by atoms with Crippen LogP contribution in [0, 0.1) is 25.7 Å². The molecule has 2 saturated carbocycles. The van der Waals surface area contributed by atoms with E-state index in [1.54, 1.807) is 33.0 Å². The first kappa shape index (κ1) is 29.7. The van der Waals surface area contributed by atoms with Gasteiger partial charge in [-0.15, -0.1) is 22.7 Å². The summed E-state index contributed by atoms with van der Waals surface area (Å²) in [7, 11) is -2.86. The number of sulfonamides is 2. The number of methoxy groups -OCH3 is 2. The van der Waals surface area contributed by atoms with Crippen molar-refractivity contribution in [3.05, 3.63) is 33.0 Å². The number of carbonyl (C=O) groups is 2. The summed E-state index contributed by atoms with van der Waals surface area (Å²) in [5.41, 5.74) is 1.16. The molecular formula is C23H32N2O8S4. The average Bonchev–Trinajstić information content (AvgIpc) is 3.77. The summed E-state index contributed by atoms with van der Waals surface area (Å²) < 4.78 is 62.5. The number of hydrogen-bond acceptors (Lipinski definition) is 10. The summed E-state index contributed by atoms with van der Waals surface area (Å²) in [5, 5.41) is 0. The number of ether oxygens (including phenoxy) is 2. The van der Waals surface area contributed by atoms with Gasteiger partial charge in [-0.05, 0) is 74.6 Å². The molecule has 0 unspecified atom stereocenters. The van der Waals surface area contributed by atoms with Crippen molar-refractivity contribution in [2.75, 3.05) is 34.4 Å². The van der Waals surface area contributed by atoms with Gasteiger partial charge in [-0.1, -0.05) is 0 Å². The lowest BCUT2D eigenvalue weighted by atomic mass is 10.3. The molecule has 2 heterocycles. The summed E-state index contributed by atoms with van der Waals surface area (Å²) >= 11 is 1.92. The fourth-order valence-electron chi connectivity index (χ4n) is 3.37. The van der Waals surface area contributed by atoms with Crippen molar-refractivity contribution in [1.29, 1.82) is 0 Å². The Kier molecular flexibility index (Phi) is 9.56. The molecule has 4 rings (SSSR count). The van der Waals surface area contributed by atoms with Crippen LogP contribution in [0.2, 0.25) is 0 Å². The molecule has 0 radical (unpaired) electrons. The summed E-state index contributed by atoms with van der Waals surface area (Å²) in [6, 6.07) is 3.11. The van der Waals surface area contributed by atoms with Crippen molar-refractivity contribution in [1.82, 2.24) is 9.03 Å². The molecule has 10 nitrogen and oxygen atoms in total. The molecule has 0 spiro atoms. The number of rotatable bonds is 10. The molecule has 14 heteroatoms. The number of carbonyl (C=O) groups excluding carboxylic acids is 2. The molecule has 0 aliphatic heterocycles. The fourth-order valence-corrected chi connectivity index (χ4v) is 9.20. The van der Waals surface area contributed by atoms with Crippen LogP contribution in [0.1, 0.15) is 56.2 Å². The lowest BCUT2D eigenvalue weighted by Crippen LogP contribution is -2.28. The molecule has 0 amide bonds. The van der Waals surface area contributed by atoms with Crippen LogP contribution in [0.15, 0.2) is 20.6 Å². The summed E-state index contributed by atoms with van der Waals surface area (Å²) in [5.74, 6) is -0.0496. The van der Waals surface area contributed by atoms with Gasteiger partial charge in [-0.2, -0.15) is 4.31 Å². The van der Waals surface area contributed by atoms with Crippen LogP contribution in [-0.2, 0) is 29.5 Å². The Morgan fingerprint density at radius 2 is 1.35 bits per heavy atom. The Balaban J connectivity index is 0.000000206. The molecule has 37 heavy (non-hydrogen) atoms. The van der Waals surface area contributed by atoms with Crippen LogP contribution in [-0.4, -0.2) is 67.4 Å². The van der Waals surface area contributed by atoms with E-state index in [2.05, 4.69) is 14.2 Å². The first-order valence-electron chi connectivity index (χ1n) is 11.6. The van der Waals surface area contributed by atoms with E-state index in [1.165, 1.54) is 18.5 Å². The topological polar surface area (TPSA) is 136 Å². The van der Waals surface area contributed by atoms with E-state index in [4.69, 9.17) is 0 Å². The van der Waals surface area contributed by atoms with E-state index in [0.717, 1.165) is 48.4 Å². The van der Waals surface area contributed by atoms with Crippen molar-refractivity contribution in [3.63, 3.8) is 0 Å². The predicted molar refractivity (Wildman–Crippen MR) is 141 cm³/mol. The third-order valence-electron chi connectivity index (χ3n) is 5.88. The molecule has 2 aromatic heterocycles. The molecule has 2 aliphatic carbocycles. The maximum atomic E-state index is 12.4. The first-order chi connectivity index (χ1) is 17.3. The van der Waals surface area contributed by atoms with E-state index in [-0.39, 0.29) is 8.42 Å². The molecule has 0 aromatic carbocycles. The molecule has 2 aliphatic rings. The smallest absolute Gasteiger partial charge is 0.348 e. The minimum absolute atomic E-state index is 0.198. The molecule has 2 aromatic rings. The maximum absolute atomic E-state index is 12.4. The van der Waals surface area contributed by atoms with E-state index in [0.29, 0.717) is 45.8 Å². The Hall–Kier alpha value is -1.84. The van der Waals surface area contributed by atoms with Crippen molar-refractivity contribution in [2.24, 2.45) is 11.8 Å². The number of aryl methyl sites for hydroxylation is 2. The second-order valence-corrected chi connectivity index (χ2v) is 15.5. The van der Waals surface area contributed by atoms with Gasteiger partial charge in [0.15, 0.2) is 0 Å². The molecule has 206 valence electrons. The van der Waals surface area contributed by atoms with Crippen molar-refractivity contribution < 1.29 is 35.9 Å². The quantitative estimate of drug-likeness (QED) is 0.415. The highest BCUT2D eigenvalue weighted by Crippen LogP contribution is 2.34. The van der Waals surface area contributed by atoms with Crippen LogP contribution in [0.25, 0.3) is 0 Å². The van der Waals surface area contributed by atoms with E-state index in [9.17, 15) is 26.4 Å². The van der Waals surface area contributed by atoms with Crippen LogP contribution < -0.4 is 4.72 Å². The molecule has 0 bridgehead atoms. The molecule has 0 saturated heterocycles. The highest BCUT2D eigenvalue weighted by atomic mass is 32.3. The number of nitrogens with zero attached hydrogens (tertiary/aromatic N) is 1. The Labute approximate surface area is 226 Å². The van der Waals surface area contributed by atoms with E-state index in [1.807, 2.05) is 0 Å². The molecule has 2 fully saturated rings. The number of nitrogens with one attached hydrogen (secondary N) is 1. The SMILES string of the molecule is COC(=O)c1cc(C)c(S(=O)(=O)N(C)CC2CC2)s1.COC(=O)c1cc(C)c(S(=O)(=O)NCC2CC2)s1. The van der Waals surface area contributed by atoms with Crippen LogP contribution in [0.3, 0.4) is 0 Å². The normalized spacial score (nSPS) is 15.7. The van der Waals surface area contributed by atoms with Gasteiger partial charge in [-0.25, -0.2) is 31.1 Å². The van der Waals surface area contributed by atoms with Crippen molar-refractivity contribution in [3.8, 4) is 0 Å². The monoisotopic (exact) mass is 592 g/mol. The molecule has 0 atom stereocenters. The van der Waals surface area contributed by atoms with Crippen molar-refractivity contribution in [2.45, 2.75) is 47.9 Å². The van der Waals surface area contributed by atoms with Gasteiger partial charge >= 0.3 is 11.9 Å². The van der Waals surface area contributed by atoms with Crippen LogP contribution >= 0.6 is 22.7 Å². The van der Waals surface area contributed by atoms with Gasteiger partial charge < -0.3 is 9.47 Å². The third-order valence-corrected chi connectivity index (χ3v) is 12.8. The third kappa shape index (κ3) is 7.60. The molecule has 1 N–H and O–H groups in total. The second kappa shape index (κ2) is 11.9. The number of esters is 2. The summed E-state index contributed by atoms with van der Waals surface area (Å²) in [6.07, 6.45) is 4.35. The van der Waals surface area contributed by atoms with Crippen LogP contribution in [0.5, 0.6) is 0 Å². The second-order valence-electron chi connectivity index (χ2n) is 9.17. The van der Waals surface area contributed by atoms with Crippen LogP contribution in [0.4, 0.5) is 0 Å². The standard InChI is InChI=1S/C12H17NO4S2.C11H15NO4S2/c1-8-6-10(11(14)17-3)18-12(8)19(15,16)13(2)7-9-4-5-9;1-7-5-9(10(13)16-2)17-11(7)18(14,15)12-6-8-3-4-8/h6,9H,4-5,7H2,1-3H3;5,8,12H,3-4,6H2,1-2H3. The zero-order valence-corrected chi connectivity index (χ0v) is 24.7. The van der Waals surface area contributed by atoms with Crippen molar-refractivity contribution >= 4 is 54.7 Å². The molecular weight excluding hydrogens is 561 g/mol. The van der Waals surface area contributed by atoms with E-state index >= 15 is 0 Å². The minimum Gasteiger partial charge on any atom is -0.465 e. The lowest BCUT2D eigenvalue weighted by molar-refractivity contribution is 0.0597. The Bertz CT molecular complexity index is 1350. The average molecular weight is 593 g/mol. The highest BCUT2D eigenvalue weighted by molar-refractivity contribution is 7.91. The zero-order chi connectivity index (χ0) is 27.5. The lowest BCUT2D eigenvalue weighted by Gasteiger charge is -2.16. The van der Waals surface area contributed by atoms with Gasteiger partial charge in [0.25, 0.3) is 10.0 Å². The van der Waals surface area contributed by atoms with Gasteiger partial charge in [-0.3, -0.25) is 0 Å². The Morgan fingerprint density at radius 3 is 1.81 bits per heavy atom. The Morgan fingerprint density at radius 1 is 0.892 bits per heavy atom. The number of thiophene rings is 2. The number of hydrogen-bond donors (Lipinski definition) is 1. The van der Waals surface area contributed by atoms with Gasteiger partial charge in [0, 0.05) is 20.1 Å². The summed E-state index contributed by atoms with van der Waals surface area (Å²) in [6.45, 7) is 4.40. The first-order valence-corrected chi connectivity index (χ1v) is 16.2. The fraction of sp³-hybridized carbons (Fsp3) is 0.565. The largest absolute Gasteiger partial charge is 0.465 e. The van der Waals surface area contributed by atoms with Gasteiger partial charge in [0.1, 0.15) is 18.2 Å². The minimum atomic E-state index is -3.51. The zero-order valence-electron chi connectivity index (χ0n) is 21.4. The van der Waals surface area contributed by atoms with E-state index < -0.39 is 32.0 Å². The predicted octanol–water partition coefficient (Wildman–Crippen LogP) is 3.41.